The number of imide groups is 1. The van der Waals surface area contributed by atoms with Crippen LogP contribution in [0.1, 0.15) is 31.2 Å². The molecule has 2 aliphatic rings. The van der Waals surface area contributed by atoms with Gasteiger partial charge in [-0.1, -0.05) is 18.2 Å². The van der Waals surface area contributed by atoms with Crippen molar-refractivity contribution in [2.45, 2.75) is 32.2 Å². The third kappa shape index (κ3) is 4.13. The van der Waals surface area contributed by atoms with E-state index in [1.807, 2.05) is 24.3 Å². The molecule has 3 rings (SSSR count). The number of carbonyl (C=O) groups is 3. The average molecular weight is 352 g/mol. The Balaban J connectivity index is 0.00000208. The van der Waals surface area contributed by atoms with E-state index in [9.17, 15) is 14.4 Å². The Kier molecular flexibility index (Phi) is 6.34. The zero-order chi connectivity index (χ0) is 16.2. The molecular formula is C17H22ClN3O3. The highest BCUT2D eigenvalue weighted by Crippen LogP contribution is 2.22. The molecule has 1 atom stereocenters. The van der Waals surface area contributed by atoms with Gasteiger partial charge in [-0.3, -0.25) is 19.3 Å². The summed E-state index contributed by atoms with van der Waals surface area (Å²) in [7, 11) is 0. The van der Waals surface area contributed by atoms with Crippen molar-refractivity contribution < 1.29 is 14.4 Å². The summed E-state index contributed by atoms with van der Waals surface area (Å²) in [5, 5.41) is 6.18. The number of para-hydroxylation sites is 1. The molecule has 1 aromatic rings. The zero-order valence-corrected chi connectivity index (χ0v) is 14.2. The fourth-order valence-electron chi connectivity index (χ4n) is 3.06. The summed E-state index contributed by atoms with van der Waals surface area (Å²) in [4.78, 5) is 37.2. The fourth-order valence-corrected chi connectivity index (χ4v) is 3.06. The molecule has 0 bridgehead atoms. The molecule has 0 aliphatic carbocycles. The fraction of sp³-hybridized carbons (Fsp3) is 0.471. The van der Waals surface area contributed by atoms with Crippen LogP contribution in [0.5, 0.6) is 0 Å². The molecule has 0 spiro atoms. The maximum atomic E-state index is 12.4. The molecule has 7 heteroatoms. The molecule has 2 saturated heterocycles. The van der Waals surface area contributed by atoms with Gasteiger partial charge in [-0.25, -0.2) is 0 Å². The van der Waals surface area contributed by atoms with Crippen LogP contribution in [0, 0.1) is 5.92 Å². The summed E-state index contributed by atoms with van der Waals surface area (Å²) in [5.41, 5.74) is 1.46. The van der Waals surface area contributed by atoms with Crippen LogP contribution in [-0.2, 0) is 20.9 Å². The van der Waals surface area contributed by atoms with E-state index in [1.165, 1.54) is 4.90 Å². The summed E-state index contributed by atoms with van der Waals surface area (Å²) in [6.07, 6.45) is 2.43. The highest BCUT2D eigenvalue weighted by molar-refractivity contribution is 6.02. The summed E-state index contributed by atoms with van der Waals surface area (Å²) in [6.45, 7) is 1.87. The second-order valence-corrected chi connectivity index (χ2v) is 6.06. The van der Waals surface area contributed by atoms with Crippen molar-refractivity contribution in [1.29, 1.82) is 0 Å². The number of benzene rings is 1. The van der Waals surface area contributed by atoms with Crippen LogP contribution in [-0.4, -0.2) is 35.7 Å². The number of nitrogens with zero attached hydrogens (tertiary/aromatic N) is 1. The number of likely N-dealkylation sites (tertiary alicyclic amines) is 1. The summed E-state index contributed by atoms with van der Waals surface area (Å²) in [5.74, 6) is -0.337. The molecule has 130 valence electrons. The lowest BCUT2D eigenvalue weighted by molar-refractivity contribution is -0.139. The van der Waals surface area contributed by atoms with Crippen molar-refractivity contribution in [1.82, 2.24) is 10.2 Å². The maximum absolute atomic E-state index is 12.4. The molecule has 0 radical (unpaired) electrons. The highest BCUT2D eigenvalue weighted by Gasteiger charge is 2.29. The Hall–Kier alpha value is -1.92. The molecule has 2 aliphatic heterocycles. The molecule has 0 aromatic heterocycles. The zero-order valence-electron chi connectivity index (χ0n) is 13.4. The van der Waals surface area contributed by atoms with Gasteiger partial charge < -0.3 is 10.6 Å². The van der Waals surface area contributed by atoms with Crippen LogP contribution in [0.15, 0.2) is 24.3 Å². The van der Waals surface area contributed by atoms with Crippen molar-refractivity contribution in [3.63, 3.8) is 0 Å². The largest absolute Gasteiger partial charge is 0.325 e. The third-order valence-corrected chi connectivity index (χ3v) is 4.43. The van der Waals surface area contributed by atoms with E-state index in [-0.39, 0.29) is 55.4 Å². The van der Waals surface area contributed by atoms with Gasteiger partial charge in [0.25, 0.3) is 0 Å². The summed E-state index contributed by atoms with van der Waals surface area (Å²) >= 11 is 0. The topological polar surface area (TPSA) is 78.5 Å². The van der Waals surface area contributed by atoms with E-state index in [0.29, 0.717) is 12.2 Å². The number of hydrogen-bond acceptors (Lipinski definition) is 4. The van der Waals surface area contributed by atoms with E-state index in [0.717, 1.165) is 24.9 Å². The van der Waals surface area contributed by atoms with Crippen LogP contribution < -0.4 is 10.6 Å². The quantitative estimate of drug-likeness (QED) is 0.809. The van der Waals surface area contributed by atoms with E-state index in [4.69, 9.17) is 0 Å². The van der Waals surface area contributed by atoms with E-state index in [1.54, 1.807) is 0 Å². The number of amides is 3. The number of anilines is 1. The molecule has 2 heterocycles. The van der Waals surface area contributed by atoms with E-state index < -0.39 is 0 Å². The van der Waals surface area contributed by atoms with E-state index in [2.05, 4.69) is 10.6 Å². The Labute approximate surface area is 147 Å². The van der Waals surface area contributed by atoms with Gasteiger partial charge in [-0.05, 0) is 31.0 Å². The molecule has 2 N–H and O–H groups in total. The lowest BCUT2D eigenvalue weighted by atomic mass is 9.98. The van der Waals surface area contributed by atoms with Crippen molar-refractivity contribution in [2.24, 2.45) is 5.92 Å². The van der Waals surface area contributed by atoms with E-state index >= 15 is 0 Å². The Bertz CT molecular complexity index is 613. The highest BCUT2D eigenvalue weighted by atomic mass is 35.5. The van der Waals surface area contributed by atoms with Gasteiger partial charge in [0.05, 0.1) is 12.5 Å². The van der Waals surface area contributed by atoms with Gasteiger partial charge in [0.15, 0.2) is 0 Å². The molecule has 0 saturated carbocycles. The standard InChI is InChI=1S/C17H21N3O3.ClH/c21-15-7-8-16(22)20(15)11-13-4-1-2-6-14(13)19-17(23)12-5-3-9-18-10-12;/h1-2,4,6,12,18H,3,5,7-11H2,(H,19,23);1H. The predicted octanol–water partition coefficient (Wildman–Crippen LogP) is 1.70. The Morgan fingerprint density at radius 3 is 2.58 bits per heavy atom. The summed E-state index contributed by atoms with van der Waals surface area (Å²) in [6, 6.07) is 7.34. The van der Waals surface area contributed by atoms with Crippen molar-refractivity contribution in [3.05, 3.63) is 29.8 Å². The minimum Gasteiger partial charge on any atom is -0.325 e. The Morgan fingerprint density at radius 2 is 1.92 bits per heavy atom. The third-order valence-electron chi connectivity index (χ3n) is 4.43. The molecule has 6 nitrogen and oxygen atoms in total. The second kappa shape index (κ2) is 8.26. The first-order valence-electron chi connectivity index (χ1n) is 8.08. The van der Waals surface area contributed by atoms with Crippen LogP contribution in [0.3, 0.4) is 0 Å². The first kappa shape index (κ1) is 18.4. The van der Waals surface area contributed by atoms with Crippen molar-refractivity contribution in [3.8, 4) is 0 Å². The average Bonchev–Trinajstić information content (AvgIpc) is 2.89. The first-order chi connectivity index (χ1) is 11.1. The smallest absolute Gasteiger partial charge is 0.229 e. The second-order valence-electron chi connectivity index (χ2n) is 6.06. The number of halogens is 1. The lowest BCUT2D eigenvalue weighted by Crippen LogP contribution is -2.37. The van der Waals surface area contributed by atoms with Crippen LogP contribution in [0.2, 0.25) is 0 Å². The maximum Gasteiger partial charge on any atom is 0.229 e. The minimum absolute atomic E-state index is 0. The molecule has 2 fully saturated rings. The van der Waals surface area contributed by atoms with Gasteiger partial charge in [0, 0.05) is 25.1 Å². The molecular weight excluding hydrogens is 330 g/mol. The molecule has 3 amide bonds. The first-order valence-corrected chi connectivity index (χ1v) is 8.08. The molecule has 1 unspecified atom stereocenters. The predicted molar refractivity (Wildman–Crippen MR) is 92.7 cm³/mol. The van der Waals surface area contributed by atoms with Crippen LogP contribution >= 0.6 is 12.4 Å². The monoisotopic (exact) mass is 351 g/mol. The van der Waals surface area contributed by atoms with Gasteiger partial charge in [-0.2, -0.15) is 0 Å². The van der Waals surface area contributed by atoms with Crippen LogP contribution in [0.4, 0.5) is 5.69 Å². The van der Waals surface area contributed by atoms with Gasteiger partial charge in [-0.15, -0.1) is 12.4 Å². The van der Waals surface area contributed by atoms with Crippen LogP contribution in [0.25, 0.3) is 0 Å². The van der Waals surface area contributed by atoms with Gasteiger partial charge in [0.1, 0.15) is 0 Å². The number of nitrogens with one attached hydrogen (secondary N) is 2. The van der Waals surface area contributed by atoms with Crippen molar-refractivity contribution >= 4 is 35.8 Å². The summed E-state index contributed by atoms with van der Waals surface area (Å²) < 4.78 is 0. The number of rotatable bonds is 4. The Morgan fingerprint density at radius 1 is 1.21 bits per heavy atom. The normalized spacial score (nSPS) is 20.7. The minimum atomic E-state index is -0.146. The number of piperidine rings is 1. The number of carbonyl (C=O) groups excluding carboxylic acids is 3. The SMILES string of the molecule is Cl.O=C(Nc1ccccc1CN1C(=O)CCC1=O)C1CCCNC1. The van der Waals surface area contributed by atoms with Crippen molar-refractivity contribution in [2.75, 3.05) is 18.4 Å². The lowest BCUT2D eigenvalue weighted by Gasteiger charge is -2.23. The number of hydrogen-bond donors (Lipinski definition) is 2. The molecule has 24 heavy (non-hydrogen) atoms. The van der Waals surface area contributed by atoms with Gasteiger partial charge >= 0.3 is 0 Å². The van der Waals surface area contributed by atoms with Gasteiger partial charge in [0.2, 0.25) is 17.7 Å². The molecule has 1 aromatic carbocycles.